The Morgan fingerprint density at radius 2 is 1.92 bits per heavy atom. The summed E-state index contributed by atoms with van der Waals surface area (Å²) in [7, 11) is -2.87. The Bertz CT molecular complexity index is 346. The molecular weight excluding hydrogens is 178 g/mol. The Morgan fingerprint density at radius 3 is 2.33 bits per heavy atom. The standard InChI is InChI=1S/C7H8NO3S/c1-8(12(9,10)11)7-5-3-2-4-6-7/h3-6H,1H3,(H,9,10,11). The van der Waals surface area contributed by atoms with Gasteiger partial charge in [0.15, 0.2) is 0 Å². The Morgan fingerprint density at radius 1 is 1.42 bits per heavy atom. The molecule has 0 aliphatic heterocycles. The topological polar surface area (TPSA) is 57.6 Å². The van der Waals surface area contributed by atoms with Gasteiger partial charge in [0, 0.05) is 7.05 Å². The molecule has 0 saturated heterocycles. The third kappa shape index (κ3) is 1.96. The van der Waals surface area contributed by atoms with E-state index in [1.807, 2.05) is 0 Å². The van der Waals surface area contributed by atoms with Crippen LogP contribution in [0.4, 0.5) is 5.69 Å². The maximum Gasteiger partial charge on any atom is 0.359 e. The molecule has 1 aromatic carbocycles. The van der Waals surface area contributed by atoms with Gasteiger partial charge in [0.1, 0.15) is 0 Å². The summed E-state index contributed by atoms with van der Waals surface area (Å²) < 4.78 is 30.6. The van der Waals surface area contributed by atoms with Crippen LogP contribution in [-0.4, -0.2) is 20.0 Å². The highest BCUT2D eigenvalue weighted by molar-refractivity contribution is 7.87. The molecule has 4 nitrogen and oxygen atoms in total. The van der Waals surface area contributed by atoms with E-state index in [9.17, 15) is 8.42 Å². The monoisotopic (exact) mass is 186 g/mol. The van der Waals surface area contributed by atoms with Crippen molar-refractivity contribution in [1.82, 2.24) is 0 Å². The van der Waals surface area contributed by atoms with Gasteiger partial charge < -0.3 is 0 Å². The van der Waals surface area contributed by atoms with E-state index in [-0.39, 0.29) is 0 Å². The normalized spacial score (nSPS) is 11.2. The van der Waals surface area contributed by atoms with E-state index >= 15 is 0 Å². The molecule has 0 aliphatic rings. The number of anilines is 1. The molecule has 1 aromatic rings. The number of rotatable bonds is 2. The molecule has 0 aromatic heterocycles. The third-order valence-corrected chi connectivity index (χ3v) is 2.31. The van der Waals surface area contributed by atoms with Gasteiger partial charge in [-0.05, 0) is 18.2 Å². The highest BCUT2D eigenvalue weighted by Crippen LogP contribution is 2.12. The molecule has 0 aliphatic carbocycles. The zero-order valence-electron chi connectivity index (χ0n) is 6.43. The summed E-state index contributed by atoms with van der Waals surface area (Å²) in [5, 5.41) is 0. The average Bonchev–Trinajstić information content (AvgIpc) is 2.03. The van der Waals surface area contributed by atoms with Crippen molar-refractivity contribution in [2.24, 2.45) is 0 Å². The molecule has 0 amide bonds. The Hall–Kier alpha value is -1.07. The first-order valence-corrected chi connectivity index (χ1v) is 4.59. The van der Waals surface area contributed by atoms with Gasteiger partial charge in [-0.2, -0.15) is 8.42 Å². The fraction of sp³-hybridized carbons (Fsp3) is 0.143. The minimum atomic E-state index is -4.14. The minimum absolute atomic E-state index is 0.399. The quantitative estimate of drug-likeness (QED) is 0.692. The van der Waals surface area contributed by atoms with E-state index in [0.29, 0.717) is 5.69 Å². The van der Waals surface area contributed by atoms with Crippen molar-refractivity contribution in [3.8, 4) is 0 Å². The van der Waals surface area contributed by atoms with Crippen molar-refractivity contribution >= 4 is 16.0 Å². The lowest BCUT2D eigenvalue weighted by Gasteiger charge is -2.13. The van der Waals surface area contributed by atoms with Crippen LogP contribution in [0.1, 0.15) is 0 Å². The molecule has 0 unspecified atom stereocenters. The molecule has 0 bridgehead atoms. The molecule has 0 spiro atoms. The first-order valence-electron chi connectivity index (χ1n) is 3.19. The van der Waals surface area contributed by atoms with Crippen molar-refractivity contribution < 1.29 is 13.0 Å². The lowest BCUT2D eigenvalue weighted by atomic mass is 10.3. The minimum Gasteiger partial charge on any atom is -0.269 e. The van der Waals surface area contributed by atoms with E-state index < -0.39 is 10.3 Å². The predicted octanol–water partition coefficient (Wildman–Crippen LogP) is 0.726. The molecule has 1 rings (SSSR count). The van der Waals surface area contributed by atoms with E-state index in [1.54, 1.807) is 12.1 Å². The molecule has 65 valence electrons. The molecule has 0 atom stereocenters. The predicted molar refractivity (Wildman–Crippen MR) is 45.2 cm³/mol. The van der Waals surface area contributed by atoms with Crippen molar-refractivity contribution in [3.05, 3.63) is 30.3 Å². The smallest absolute Gasteiger partial charge is 0.269 e. The van der Waals surface area contributed by atoms with Crippen LogP contribution in [0.2, 0.25) is 0 Å². The Balaban J connectivity index is 3.02. The van der Waals surface area contributed by atoms with Crippen molar-refractivity contribution in [3.63, 3.8) is 0 Å². The van der Waals surface area contributed by atoms with Crippen LogP contribution in [0.3, 0.4) is 0 Å². The summed E-state index contributed by atoms with van der Waals surface area (Å²) in [6, 6.07) is 8.94. The molecule has 0 fully saturated rings. The van der Waals surface area contributed by atoms with Gasteiger partial charge >= 0.3 is 10.3 Å². The Labute approximate surface area is 71.3 Å². The van der Waals surface area contributed by atoms with Gasteiger partial charge in [0.25, 0.3) is 0 Å². The summed E-state index contributed by atoms with van der Waals surface area (Å²) in [6.45, 7) is 0. The van der Waals surface area contributed by atoms with Crippen molar-refractivity contribution in [2.45, 2.75) is 0 Å². The summed E-state index contributed by atoms with van der Waals surface area (Å²) >= 11 is 0. The van der Waals surface area contributed by atoms with Crippen LogP contribution < -0.4 is 4.31 Å². The molecule has 5 heteroatoms. The van der Waals surface area contributed by atoms with E-state index in [2.05, 4.69) is 6.07 Å². The fourth-order valence-corrected chi connectivity index (χ4v) is 1.11. The zero-order chi connectivity index (χ0) is 9.19. The van der Waals surface area contributed by atoms with Gasteiger partial charge in [-0.25, -0.2) is 0 Å². The maximum absolute atomic E-state index is 10.6. The molecule has 1 N–H and O–H groups in total. The number of nitrogens with zero attached hydrogens (tertiary/aromatic N) is 1. The van der Waals surface area contributed by atoms with E-state index in [1.165, 1.54) is 19.2 Å². The molecule has 1 radical (unpaired) electrons. The average molecular weight is 186 g/mol. The SMILES string of the molecule is CN(c1cc[c]cc1)S(=O)(=O)O. The molecule has 0 saturated carbocycles. The van der Waals surface area contributed by atoms with Gasteiger partial charge in [0.05, 0.1) is 5.69 Å². The highest BCUT2D eigenvalue weighted by atomic mass is 32.2. The largest absolute Gasteiger partial charge is 0.359 e. The Kier molecular flexibility index (Phi) is 2.35. The second kappa shape index (κ2) is 3.12. The lowest BCUT2D eigenvalue weighted by molar-refractivity contribution is 0.481. The van der Waals surface area contributed by atoms with Crippen LogP contribution in [-0.2, 0) is 10.3 Å². The van der Waals surface area contributed by atoms with E-state index in [4.69, 9.17) is 4.55 Å². The highest BCUT2D eigenvalue weighted by Gasteiger charge is 2.12. The number of benzene rings is 1. The maximum atomic E-state index is 10.6. The second-order valence-corrected chi connectivity index (χ2v) is 3.65. The molecule has 0 heterocycles. The van der Waals surface area contributed by atoms with Gasteiger partial charge in [-0.1, -0.05) is 12.1 Å². The van der Waals surface area contributed by atoms with Crippen LogP contribution in [0.15, 0.2) is 24.3 Å². The van der Waals surface area contributed by atoms with Gasteiger partial charge in [-0.3, -0.25) is 8.86 Å². The van der Waals surface area contributed by atoms with E-state index in [0.717, 1.165) is 4.31 Å². The number of hydrogen-bond donors (Lipinski definition) is 1. The summed E-state index contributed by atoms with van der Waals surface area (Å²) in [6.07, 6.45) is 0. The number of hydrogen-bond acceptors (Lipinski definition) is 2. The summed E-state index contributed by atoms with van der Waals surface area (Å²) in [4.78, 5) is 0. The fourth-order valence-electron chi connectivity index (χ4n) is 0.721. The van der Waals surface area contributed by atoms with Crippen molar-refractivity contribution in [2.75, 3.05) is 11.4 Å². The van der Waals surface area contributed by atoms with Gasteiger partial charge in [0.2, 0.25) is 0 Å². The summed E-state index contributed by atoms with van der Waals surface area (Å²) in [5.41, 5.74) is 0.399. The van der Waals surface area contributed by atoms with Crippen LogP contribution >= 0.6 is 0 Å². The first-order chi connectivity index (χ1) is 5.52. The van der Waals surface area contributed by atoms with Gasteiger partial charge in [-0.15, -0.1) is 0 Å². The third-order valence-electron chi connectivity index (χ3n) is 1.41. The zero-order valence-corrected chi connectivity index (χ0v) is 7.25. The molecule has 12 heavy (non-hydrogen) atoms. The van der Waals surface area contributed by atoms with Crippen LogP contribution in [0.25, 0.3) is 0 Å². The van der Waals surface area contributed by atoms with Crippen molar-refractivity contribution in [1.29, 1.82) is 0 Å². The van der Waals surface area contributed by atoms with Crippen LogP contribution in [0, 0.1) is 6.07 Å². The lowest BCUT2D eigenvalue weighted by Crippen LogP contribution is -2.25. The van der Waals surface area contributed by atoms with Crippen LogP contribution in [0.5, 0.6) is 0 Å². The summed E-state index contributed by atoms with van der Waals surface area (Å²) in [5.74, 6) is 0. The molecular formula is C7H8NO3S. The first kappa shape index (κ1) is 9.02. The second-order valence-electron chi connectivity index (χ2n) is 2.20.